The molecule has 1 aliphatic carbocycles. The zero-order valence-corrected chi connectivity index (χ0v) is 18.3. The lowest BCUT2D eigenvalue weighted by molar-refractivity contribution is -0.135. The summed E-state index contributed by atoms with van der Waals surface area (Å²) < 4.78 is 90.7. The first-order valence-electron chi connectivity index (χ1n) is 15.8. The van der Waals surface area contributed by atoms with Crippen molar-refractivity contribution in [3.05, 3.63) is 22.4 Å². The van der Waals surface area contributed by atoms with Crippen LogP contribution in [0.1, 0.15) is 102 Å². The molecule has 0 N–H and O–H groups in total. The van der Waals surface area contributed by atoms with Crippen LogP contribution in [0.4, 0.5) is 5.82 Å². The highest BCUT2D eigenvalue weighted by Gasteiger charge is 2.39. The molecule has 3 aliphatic rings. The van der Waals surface area contributed by atoms with Gasteiger partial charge in [0, 0.05) is 53.5 Å². The molecule has 0 aromatic carbocycles. The van der Waals surface area contributed by atoms with Crippen LogP contribution in [0.3, 0.4) is 0 Å². The van der Waals surface area contributed by atoms with E-state index in [1.54, 1.807) is 6.92 Å². The highest BCUT2D eigenvalue weighted by atomic mass is 16.5. The van der Waals surface area contributed by atoms with E-state index < -0.39 is 56.7 Å². The molecule has 1 aromatic heterocycles. The van der Waals surface area contributed by atoms with Crippen LogP contribution in [-0.4, -0.2) is 47.0 Å². The average Bonchev–Trinajstić information content (AvgIpc) is 3.67. The Hall–Kier alpha value is -2.13. The van der Waals surface area contributed by atoms with Crippen LogP contribution in [-0.2, 0) is 22.6 Å². The maximum Gasteiger partial charge on any atom is 0.222 e. The van der Waals surface area contributed by atoms with Gasteiger partial charge in [-0.2, -0.15) is 5.26 Å². The summed E-state index contributed by atoms with van der Waals surface area (Å²) in [5, 5.41) is 10.3. The van der Waals surface area contributed by atoms with Crippen LogP contribution < -0.4 is 4.90 Å². The molecule has 0 unspecified atom stereocenters. The Kier molecular flexibility index (Phi) is 3.48. The number of ether oxygens (including phenoxy) is 1. The maximum absolute atomic E-state index is 13.3. The van der Waals surface area contributed by atoms with Gasteiger partial charge in [-0.15, -0.1) is 0 Å². The fourth-order valence-corrected chi connectivity index (χ4v) is 4.28. The van der Waals surface area contributed by atoms with E-state index in [1.807, 2.05) is 13.8 Å². The van der Waals surface area contributed by atoms with E-state index in [0.29, 0.717) is 22.6 Å². The fraction of sp³-hybridized carbons (Fsp3) is 0.720. The van der Waals surface area contributed by atoms with Gasteiger partial charge in [0.15, 0.2) is 0 Å². The van der Waals surface area contributed by atoms with E-state index >= 15 is 0 Å². The zero-order chi connectivity index (χ0) is 31.0. The van der Waals surface area contributed by atoms with Crippen molar-refractivity contribution in [1.82, 2.24) is 9.88 Å². The molecule has 6 heteroatoms. The second kappa shape index (κ2) is 8.43. The molecule has 31 heavy (non-hydrogen) atoms. The number of hydrogen-bond donors (Lipinski definition) is 0. The molecule has 6 nitrogen and oxygen atoms in total. The fourth-order valence-electron chi connectivity index (χ4n) is 4.28. The summed E-state index contributed by atoms with van der Waals surface area (Å²) in [6.45, 7) is -5.91. The molecule has 1 saturated heterocycles. The van der Waals surface area contributed by atoms with Crippen LogP contribution in [0.2, 0.25) is 0 Å². The Morgan fingerprint density at radius 3 is 2.90 bits per heavy atom. The van der Waals surface area contributed by atoms with Gasteiger partial charge in [-0.1, -0.05) is 20.6 Å². The highest BCUT2D eigenvalue weighted by molar-refractivity contribution is 5.77. The first kappa shape index (κ1) is 12.8. The normalized spacial score (nSPS) is 32.8. The van der Waals surface area contributed by atoms with Gasteiger partial charge >= 0.3 is 0 Å². The van der Waals surface area contributed by atoms with E-state index in [-0.39, 0.29) is 36.7 Å². The van der Waals surface area contributed by atoms with Gasteiger partial charge in [-0.25, -0.2) is 4.98 Å². The third-order valence-electron chi connectivity index (χ3n) is 6.07. The number of nitrogens with zero attached hydrogens (tertiary/aromatic N) is 4. The summed E-state index contributed by atoms with van der Waals surface area (Å²) in [5.41, 5.74) is 1.39. The van der Waals surface area contributed by atoms with Gasteiger partial charge in [-0.05, 0) is 44.6 Å². The first-order valence-corrected chi connectivity index (χ1v) is 10.8. The second-order valence-electron chi connectivity index (χ2n) is 9.06. The minimum atomic E-state index is -3.57. The summed E-state index contributed by atoms with van der Waals surface area (Å²) in [4.78, 5) is 19.5. The molecule has 3 heterocycles. The van der Waals surface area contributed by atoms with Gasteiger partial charge in [0.2, 0.25) is 5.91 Å². The number of anilines is 1. The third-order valence-corrected chi connectivity index (χ3v) is 6.07. The van der Waals surface area contributed by atoms with E-state index in [4.69, 9.17) is 22.1 Å². The third kappa shape index (κ3) is 4.30. The van der Waals surface area contributed by atoms with Gasteiger partial charge in [-0.3, -0.25) is 4.79 Å². The molecule has 0 radical (unpaired) electrons. The zero-order valence-electron chi connectivity index (χ0n) is 28.3. The smallest absolute Gasteiger partial charge is 0.222 e. The molecule has 2 aliphatic heterocycles. The summed E-state index contributed by atoms with van der Waals surface area (Å²) in [6.07, 6.45) is 2.05. The van der Waals surface area contributed by atoms with Crippen molar-refractivity contribution in [2.75, 3.05) is 24.5 Å². The maximum atomic E-state index is 13.3. The minimum Gasteiger partial charge on any atom is -0.370 e. The van der Waals surface area contributed by atoms with Crippen molar-refractivity contribution < 1.29 is 23.2 Å². The quantitative estimate of drug-likeness (QED) is 0.696. The molecule has 1 saturated carbocycles. The number of fused-ring (bicyclic) bond motifs is 1. The Morgan fingerprint density at radius 2 is 2.26 bits per heavy atom. The topological polar surface area (TPSA) is 69.5 Å². The molecule has 168 valence electrons. The first-order chi connectivity index (χ1) is 18.6. The SMILES string of the molecule is [2H]C1([2H])CN(C(=O)CCC)[C@]([2H])(C([2H])(C([2H])([2H])[2H])C([2H])([2H])[2H])CN1c1nc(C2CC2)c2c(c1C#N)CC(C)(C)OC2. The summed E-state index contributed by atoms with van der Waals surface area (Å²) >= 11 is 0. The molecule has 1 atom stereocenters. The predicted octanol–water partition coefficient (Wildman–Crippen LogP) is 4.16. The van der Waals surface area contributed by atoms with E-state index in [2.05, 4.69) is 6.07 Å². The van der Waals surface area contributed by atoms with Crippen LogP contribution >= 0.6 is 0 Å². The molecule has 4 rings (SSSR count). The lowest BCUT2D eigenvalue weighted by Gasteiger charge is -2.44. The number of pyridine rings is 1. The highest BCUT2D eigenvalue weighted by Crippen LogP contribution is 2.46. The van der Waals surface area contributed by atoms with Crippen molar-refractivity contribution in [2.45, 2.75) is 90.7 Å². The van der Waals surface area contributed by atoms with Crippen molar-refractivity contribution in [2.24, 2.45) is 5.89 Å². The van der Waals surface area contributed by atoms with E-state index in [9.17, 15) is 11.4 Å². The standard InChI is InChI=1S/C25H36N4O2/c1-6-7-22(30)29-11-10-28(14-21(29)16(2)3)24-19(13-26)18-12-25(4,5)31-15-20(18)23(27-24)17-8-9-17/h16-17,21H,6-12,14-15H2,1-5H3/t21-/m0/s1/i2D3,3D3,10D2,16D,21D. The minimum absolute atomic E-state index is 0.0266. The Balaban J connectivity index is 1.99. The van der Waals surface area contributed by atoms with Crippen LogP contribution in [0.15, 0.2) is 0 Å². The molecule has 1 amide bonds. The van der Waals surface area contributed by atoms with E-state index in [1.165, 1.54) is 0 Å². The molecular formula is C25H36N4O2. The largest absolute Gasteiger partial charge is 0.370 e. The Bertz CT molecular complexity index is 1250. The lowest BCUT2D eigenvalue weighted by atomic mass is 9.87. The monoisotopic (exact) mass is 434 g/mol. The van der Waals surface area contributed by atoms with Crippen LogP contribution in [0.25, 0.3) is 0 Å². The lowest BCUT2D eigenvalue weighted by Crippen LogP contribution is -2.57. The molecule has 1 aromatic rings. The number of rotatable bonds is 5. The molecular weight excluding hydrogens is 388 g/mol. The number of carbonyl (C=O) groups is 1. The molecule has 2 fully saturated rings. The predicted molar refractivity (Wildman–Crippen MR) is 121 cm³/mol. The van der Waals surface area contributed by atoms with Gasteiger partial charge in [0.05, 0.1) is 33.6 Å². The number of amides is 1. The Morgan fingerprint density at radius 1 is 1.48 bits per heavy atom. The van der Waals surface area contributed by atoms with Crippen molar-refractivity contribution in [1.29, 1.82) is 5.26 Å². The number of nitriles is 1. The Labute approximate surface area is 200 Å². The number of aromatic nitrogens is 1. The van der Waals surface area contributed by atoms with Crippen molar-refractivity contribution in [3.63, 3.8) is 0 Å². The summed E-state index contributed by atoms with van der Waals surface area (Å²) in [5.74, 6) is -4.44. The summed E-state index contributed by atoms with van der Waals surface area (Å²) in [6, 6.07) is -0.838. The van der Waals surface area contributed by atoms with Crippen molar-refractivity contribution >= 4 is 11.7 Å². The van der Waals surface area contributed by atoms with Crippen LogP contribution in [0, 0.1) is 17.2 Å². The van der Waals surface area contributed by atoms with E-state index in [0.717, 1.165) is 23.3 Å². The number of piperazine rings is 1. The van der Waals surface area contributed by atoms with Gasteiger partial charge < -0.3 is 14.5 Å². The van der Waals surface area contributed by atoms with Crippen LogP contribution in [0.5, 0.6) is 0 Å². The second-order valence-corrected chi connectivity index (χ2v) is 9.06. The van der Waals surface area contributed by atoms with Gasteiger partial charge in [0.25, 0.3) is 0 Å². The molecule has 0 spiro atoms. The van der Waals surface area contributed by atoms with Gasteiger partial charge in [0.1, 0.15) is 11.9 Å². The van der Waals surface area contributed by atoms with Crippen molar-refractivity contribution in [3.8, 4) is 6.07 Å². The number of carbonyl (C=O) groups excluding carboxylic acids is 1. The molecule has 0 bridgehead atoms. The number of hydrogen-bond acceptors (Lipinski definition) is 5. The average molecular weight is 435 g/mol. The summed E-state index contributed by atoms with van der Waals surface area (Å²) in [7, 11) is 0.